The quantitative estimate of drug-likeness (QED) is 0.864. The molecule has 0 radical (unpaired) electrons. The number of rotatable bonds is 5. The van der Waals surface area contributed by atoms with E-state index in [2.05, 4.69) is 0 Å². The van der Waals surface area contributed by atoms with Gasteiger partial charge < -0.3 is 14.4 Å². The Bertz CT molecular complexity index is 449. The highest BCUT2D eigenvalue weighted by Gasteiger charge is 2.40. The van der Waals surface area contributed by atoms with Crippen molar-refractivity contribution in [1.82, 2.24) is 9.80 Å². The lowest BCUT2D eigenvalue weighted by Crippen LogP contribution is -2.62. The van der Waals surface area contributed by atoms with Crippen LogP contribution in [0.15, 0.2) is 16.5 Å². The molecular weight excluding hydrogens is 244 g/mol. The standard InChI is InChI=1S/C14H22N2O3/c1-4-14(18)9-16(10-14)8-13(17)15(3)7-12-6-5-11(2)19-12/h5-6,18H,4,7-10H2,1-3H3. The van der Waals surface area contributed by atoms with Crippen LogP contribution in [-0.4, -0.2) is 53.1 Å². The van der Waals surface area contributed by atoms with E-state index in [9.17, 15) is 9.90 Å². The molecule has 1 aliphatic rings. The molecule has 0 aliphatic carbocycles. The summed E-state index contributed by atoms with van der Waals surface area (Å²) in [5.74, 6) is 1.70. The zero-order valence-electron chi connectivity index (χ0n) is 11.8. The Morgan fingerprint density at radius 1 is 1.53 bits per heavy atom. The molecule has 1 aromatic rings. The van der Waals surface area contributed by atoms with Crippen molar-refractivity contribution in [2.75, 3.05) is 26.7 Å². The van der Waals surface area contributed by atoms with Crippen molar-refractivity contribution in [3.8, 4) is 0 Å². The van der Waals surface area contributed by atoms with Gasteiger partial charge in [0.05, 0.1) is 18.7 Å². The molecule has 1 aliphatic heterocycles. The molecular formula is C14H22N2O3. The molecule has 1 saturated heterocycles. The molecule has 0 bridgehead atoms. The SMILES string of the molecule is CCC1(O)CN(CC(=O)N(C)Cc2ccc(C)o2)C1. The van der Waals surface area contributed by atoms with Gasteiger partial charge in [-0.15, -0.1) is 0 Å². The minimum Gasteiger partial charge on any atom is -0.464 e. The Hall–Kier alpha value is -1.33. The lowest BCUT2D eigenvalue weighted by molar-refractivity contribution is -0.141. The van der Waals surface area contributed by atoms with Gasteiger partial charge in [0.1, 0.15) is 11.5 Å². The molecule has 0 spiro atoms. The number of likely N-dealkylation sites (N-methyl/N-ethyl adjacent to an activating group) is 1. The molecule has 0 unspecified atom stereocenters. The van der Waals surface area contributed by atoms with Gasteiger partial charge in [0.2, 0.25) is 5.91 Å². The second-order valence-electron chi connectivity index (χ2n) is 5.49. The molecule has 106 valence electrons. The summed E-state index contributed by atoms with van der Waals surface area (Å²) in [4.78, 5) is 15.6. The van der Waals surface area contributed by atoms with Crippen molar-refractivity contribution in [2.45, 2.75) is 32.4 Å². The van der Waals surface area contributed by atoms with Crippen LogP contribution in [0.5, 0.6) is 0 Å². The van der Waals surface area contributed by atoms with Gasteiger partial charge >= 0.3 is 0 Å². The Balaban J connectivity index is 1.77. The zero-order valence-corrected chi connectivity index (χ0v) is 11.8. The molecule has 5 nitrogen and oxygen atoms in total. The van der Waals surface area contributed by atoms with E-state index >= 15 is 0 Å². The van der Waals surface area contributed by atoms with E-state index in [1.165, 1.54) is 0 Å². The third kappa shape index (κ3) is 3.36. The fraction of sp³-hybridized carbons (Fsp3) is 0.643. The average molecular weight is 266 g/mol. The van der Waals surface area contributed by atoms with Crippen LogP contribution in [-0.2, 0) is 11.3 Å². The van der Waals surface area contributed by atoms with Crippen LogP contribution in [0.3, 0.4) is 0 Å². The minimum absolute atomic E-state index is 0.0483. The predicted molar refractivity (Wildman–Crippen MR) is 71.6 cm³/mol. The van der Waals surface area contributed by atoms with E-state index in [1.54, 1.807) is 11.9 Å². The molecule has 0 saturated carbocycles. The van der Waals surface area contributed by atoms with E-state index in [4.69, 9.17) is 4.42 Å². The maximum Gasteiger partial charge on any atom is 0.236 e. The summed E-state index contributed by atoms with van der Waals surface area (Å²) in [6.45, 7) is 5.87. The number of hydrogen-bond acceptors (Lipinski definition) is 4. The third-order valence-corrected chi connectivity index (χ3v) is 3.67. The van der Waals surface area contributed by atoms with Gasteiger partial charge in [-0.1, -0.05) is 6.92 Å². The Morgan fingerprint density at radius 2 is 2.21 bits per heavy atom. The third-order valence-electron chi connectivity index (χ3n) is 3.67. The summed E-state index contributed by atoms with van der Waals surface area (Å²) in [6, 6.07) is 3.78. The van der Waals surface area contributed by atoms with Gasteiger partial charge in [-0.3, -0.25) is 9.69 Å². The molecule has 1 amide bonds. The zero-order chi connectivity index (χ0) is 14.0. The van der Waals surface area contributed by atoms with Crippen LogP contribution in [0.4, 0.5) is 0 Å². The number of nitrogens with zero attached hydrogens (tertiary/aromatic N) is 2. The maximum atomic E-state index is 12.0. The number of amides is 1. The molecule has 19 heavy (non-hydrogen) atoms. The van der Waals surface area contributed by atoms with E-state index in [1.807, 2.05) is 30.9 Å². The van der Waals surface area contributed by atoms with Crippen LogP contribution in [0.2, 0.25) is 0 Å². The normalized spacial score (nSPS) is 18.1. The second kappa shape index (κ2) is 5.35. The summed E-state index contributed by atoms with van der Waals surface area (Å²) in [7, 11) is 1.77. The van der Waals surface area contributed by atoms with Gasteiger partial charge in [0, 0.05) is 20.1 Å². The number of aliphatic hydroxyl groups is 1. The smallest absolute Gasteiger partial charge is 0.236 e. The minimum atomic E-state index is -0.586. The lowest BCUT2D eigenvalue weighted by atomic mass is 9.91. The van der Waals surface area contributed by atoms with Gasteiger partial charge in [-0.05, 0) is 25.5 Å². The summed E-state index contributed by atoms with van der Waals surface area (Å²) >= 11 is 0. The van der Waals surface area contributed by atoms with Gasteiger partial charge in [0.25, 0.3) is 0 Å². The first-order valence-corrected chi connectivity index (χ1v) is 6.66. The molecule has 5 heteroatoms. The monoisotopic (exact) mass is 266 g/mol. The number of aryl methyl sites for hydroxylation is 1. The van der Waals surface area contributed by atoms with Crippen molar-refractivity contribution in [3.63, 3.8) is 0 Å². The first kappa shape index (κ1) is 14.1. The summed E-state index contributed by atoms with van der Waals surface area (Å²) in [5.41, 5.74) is -0.586. The van der Waals surface area contributed by atoms with Crippen molar-refractivity contribution >= 4 is 5.91 Å². The van der Waals surface area contributed by atoms with Crippen molar-refractivity contribution in [3.05, 3.63) is 23.7 Å². The van der Waals surface area contributed by atoms with E-state index < -0.39 is 5.60 Å². The fourth-order valence-corrected chi connectivity index (χ4v) is 2.33. The van der Waals surface area contributed by atoms with E-state index in [0.29, 0.717) is 26.2 Å². The highest BCUT2D eigenvalue weighted by molar-refractivity contribution is 5.78. The highest BCUT2D eigenvalue weighted by atomic mass is 16.3. The number of carbonyl (C=O) groups is 1. The van der Waals surface area contributed by atoms with Gasteiger partial charge in [-0.2, -0.15) is 0 Å². The van der Waals surface area contributed by atoms with Gasteiger partial charge in [-0.25, -0.2) is 0 Å². The number of furan rings is 1. The number of likely N-dealkylation sites (tertiary alicyclic amines) is 1. The summed E-state index contributed by atoms with van der Waals surface area (Å²) in [5, 5.41) is 9.90. The largest absolute Gasteiger partial charge is 0.464 e. The molecule has 0 aromatic carbocycles. The van der Waals surface area contributed by atoms with E-state index in [-0.39, 0.29) is 5.91 Å². The van der Waals surface area contributed by atoms with Gasteiger partial charge in [0.15, 0.2) is 0 Å². The maximum absolute atomic E-state index is 12.0. The fourth-order valence-electron chi connectivity index (χ4n) is 2.33. The van der Waals surface area contributed by atoms with Crippen LogP contribution in [0.1, 0.15) is 24.9 Å². The molecule has 2 rings (SSSR count). The van der Waals surface area contributed by atoms with Crippen molar-refractivity contribution < 1.29 is 14.3 Å². The van der Waals surface area contributed by atoms with Crippen LogP contribution in [0.25, 0.3) is 0 Å². The topological polar surface area (TPSA) is 56.9 Å². The number of hydrogen-bond donors (Lipinski definition) is 1. The lowest BCUT2D eigenvalue weighted by Gasteiger charge is -2.46. The van der Waals surface area contributed by atoms with Crippen LogP contribution >= 0.6 is 0 Å². The summed E-state index contributed by atoms with van der Waals surface area (Å²) < 4.78 is 5.45. The number of carbonyl (C=O) groups excluding carboxylic acids is 1. The first-order chi connectivity index (χ1) is 8.92. The number of β-amino-alcohol motifs (C(OH)–C–C–N with tert-alkyl or cyclic N) is 1. The Kier molecular flexibility index (Phi) is 3.96. The van der Waals surface area contributed by atoms with Crippen molar-refractivity contribution in [2.24, 2.45) is 0 Å². The van der Waals surface area contributed by atoms with Crippen molar-refractivity contribution in [1.29, 1.82) is 0 Å². The van der Waals surface area contributed by atoms with Crippen LogP contribution in [0, 0.1) is 6.92 Å². The average Bonchev–Trinajstić information content (AvgIpc) is 2.72. The molecule has 2 heterocycles. The van der Waals surface area contributed by atoms with E-state index in [0.717, 1.165) is 17.9 Å². The first-order valence-electron chi connectivity index (χ1n) is 6.66. The Labute approximate surface area is 113 Å². The molecule has 1 fully saturated rings. The molecule has 1 N–H and O–H groups in total. The summed E-state index contributed by atoms with van der Waals surface area (Å²) in [6.07, 6.45) is 0.735. The molecule has 1 aromatic heterocycles. The molecule has 0 atom stereocenters. The van der Waals surface area contributed by atoms with Crippen LogP contribution < -0.4 is 0 Å². The Morgan fingerprint density at radius 3 is 2.74 bits per heavy atom. The highest BCUT2D eigenvalue weighted by Crippen LogP contribution is 2.23. The predicted octanol–water partition coefficient (Wildman–Crippen LogP) is 1.00. The second-order valence-corrected chi connectivity index (χ2v) is 5.49.